The number of benzene rings is 1. The zero-order valence-corrected chi connectivity index (χ0v) is 20.7. The first kappa shape index (κ1) is 24.9. The largest absolute Gasteiger partial charge is 0.496 e. The zero-order valence-electron chi connectivity index (χ0n) is 18.4. The average molecular weight is 528 g/mol. The molecule has 0 bridgehead atoms. The maximum absolute atomic E-state index is 5.65. The molecule has 1 aromatic rings. The van der Waals surface area contributed by atoms with Crippen LogP contribution in [0.25, 0.3) is 0 Å². The number of likely N-dealkylation sites (tertiary alicyclic amines) is 1. The van der Waals surface area contributed by atoms with E-state index < -0.39 is 0 Å². The Bertz CT molecular complexity index is 690. The number of nitrogens with zero attached hydrogens (tertiary/aromatic N) is 2. The Morgan fingerprint density at radius 1 is 1.23 bits per heavy atom. The second-order valence-corrected chi connectivity index (χ2v) is 7.58. The Morgan fingerprint density at radius 3 is 2.73 bits per heavy atom. The minimum atomic E-state index is 0. The number of ether oxygens (including phenoxy) is 2. The molecule has 168 valence electrons. The van der Waals surface area contributed by atoms with Gasteiger partial charge in [0.15, 0.2) is 5.96 Å². The van der Waals surface area contributed by atoms with E-state index in [1.165, 1.54) is 24.0 Å². The van der Waals surface area contributed by atoms with Crippen LogP contribution in [-0.4, -0.2) is 63.9 Å². The van der Waals surface area contributed by atoms with Crippen molar-refractivity contribution in [1.29, 1.82) is 0 Å². The summed E-state index contributed by atoms with van der Waals surface area (Å²) in [5, 5.41) is 6.89. The molecule has 30 heavy (non-hydrogen) atoms. The minimum absolute atomic E-state index is 0. The quantitative estimate of drug-likeness (QED) is 0.222. The molecule has 0 aliphatic carbocycles. The Balaban J connectivity index is 0.00000320. The molecule has 1 fully saturated rings. The third-order valence-electron chi connectivity index (χ3n) is 5.64. The Hall–Kier alpha value is -1.32. The Morgan fingerprint density at radius 2 is 2.03 bits per heavy atom. The lowest BCUT2D eigenvalue weighted by Crippen LogP contribution is -2.39. The number of methoxy groups -OCH3 is 1. The number of rotatable bonds is 9. The van der Waals surface area contributed by atoms with Gasteiger partial charge < -0.3 is 20.1 Å². The smallest absolute Gasteiger partial charge is 0.191 e. The van der Waals surface area contributed by atoms with Crippen molar-refractivity contribution in [3.05, 3.63) is 41.5 Å². The summed E-state index contributed by atoms with van der Waals surface area (Å²) in [7, 11) is 1.75. The number of hydrogen-bond acceptors (Lipinski definition) is 4. The normalized spacial score (nSPS) is 18.3. The lowest BCUT2D eigenvalue weighted by molar-refractivity contribution is 0.153. The number of guanidine groups is 1. The van der Waals surface area contributed by atoms with Crippen LogP contribution in [0, 0.1) is 0 Å². The van der Waals surface area contributed by atoms with Crippen molar-refractivity contribution in [1.82, 2.24) is 15.5 Å². The molecule has 1 unspecified atom stereocenters. The molecular formula is C23H37IN4O2. The van der Waals surface area contributed by atoms with Crippen LogP contribution >= 0.6 is 24.0 Å². The lowest BCUT2D eigenvalue weighted by atomic mass is 10.0. The molecule has 3 rings (SSSR count). The first-order chi connectivity index (χ1) is 14.3. The third kappa shape index (κ3) is 7.42. The SMILES string of the molecule is CCNC(=NCC(c1ccccc1OC)N1CCCC1)NCCC1=CCOCC1.I. The van der Waals surface area contributed by atoms with Gasteiger partial charge in [-0.3, -0.25) is 9.89 Å². The molecule has 1 saturated heterocycles. The van der Waals surface area contributed by atoms with Crippen molar-refractivity contribution < 1.29 is 9.47 Å². The van der Waals surface area contributed by atoms with Crippen LogP contribution in [0.15, 0.2) is 40.9 Å². The number of hydrogen-bond donors (Lipinski definition) is 2. The van der Waals surface area contributed by atoms with E-state index >= 15 is 0 Å². The summed E-state index contributed by atoms with van der Waals surface area (Å²) in [6.07, 6.45) is 6.80. The molecule has 2 heterocycles. The average Bonchev–Trinajstić information content (AvgIpc) is 3.29. The minimum Gasteiger partial charge on any atom is -0.496 e. The molecule has 0 amide bonds. The van der Waals surface area contributed by atoms with Gasteiger partial charge in [-0.1, -0.05) is 29.8 Å². The van der Waals surface area contributed by atoms with Crippen LogP contribution in [0.3, 0.4) is 0 Å². The second-order valence-electron chi connectivity index (χ2n) is 7.58. The Kier molecular flexibility index (Phi) is 11.5. The highest BCUT2D eigenvalue weighted by Gasteiger charge is 2.25. The maximum Gasteiger partial charge on any atom is 0.191 e. The van der Waals surface area contributed by atoms with Gasteiger partial charge in [0.1, 0.15) is 5.75 Å². The highest BCUT2D eigenvalue weighted by atomic mass is 127. The summed E-state index contributed by atoms with van der Waals surface area (Å²) >= 11 is 0. The lowest BCUT2D eigenvalue weighted by Gasteiger charge is -2.28. The van der Waals surface area contributed by atoms with E-state index in [9.17, 15) is 0 Å². The molecule has 0 aromatic heterocycles. The monoisotopic (exact) mass is 528 g/mol. The van der Waals surface area contributed by atoms with Gasteiger partial charge in [-0.05, 0) is 51.8 Å². The van der Waals surface area contributed by atoms with Gasteiger partial charge in [0.05, 0.1) is 32.9 Å². The molecule has 0 saturated carbocycles. The number of nitrogens with one attached hydrogen (secondary N) is 2. The van der Waals surface area contributed by atoms with Crippen LogP contribution < -0.4 is 15.4 Å². The van der Waals surface area contributed by atoms with E-state index in [-0.39, 0.29) is 30.0 Å². The molecule has 2 aliphatic heterocycles. The fourth-order valence-electron chi connectivity index (χ4n) is 4.06. The van der Waals surface area contributed by atoms with Crippen LogP contribution in [0.1, 0.15) is 44.2 Å². The van der Waals surface area contributed by atoms with Gasteiger partial charge in [-0.15, -0.1) is 24.0 Å². The van der Waals surface area contributed by atoms with E-state index in [0.29, 0.717) is 6.54 Å². The molecule has 2 aliphatic rings. The van der Waals surface area contributed by atoms with Crippen molar-refractivity contribution in [2.45, 2.75) is 38.6 Å². The summed E-state index contributed by atoms with van der Waals surface area (Å²) in [5.74, 6) is 1.84. The molecule has 7 heteroatoms. The van der Waals surface area contributed by atoms with Crippen molar-refractivity contribution in [2.75, 3.05) is 53.0 Å². The van der Waals surface area contributed by atoms with E-state index in [4.69, 9.17) is 14.5 Å². The van der Waals surface area contributed by atoms with Crippen LogP contribution in [0.4, 0.5) is 0 Å². The van der Waals surface area contributed by atoms with E-state index in [1.54, 1.807) is 7.11 Å². The van der Waals surface area contributed by atoms with Crippen LogP contribution in [-0.2, 0) is 4.74 Å². The predicted octanol–water partition coefficient (Wildman–Crippen LogP) is 3.74. The van der Waals surface area contributed by atoms with Crippen molar-refractivity contribution >= 4 is 29.9 Å². The molecule has 1 atom stereocenters. The van der Waals surface area contributed by atoms with E-state index in [2.05, 4.69) is 40.7 Å². The fourth-order valence-corrected chi connectivity index (χ4v) is 4.06. The zero-order chi connectivity index (χ0) is 20.3. The van der Waals surface area contributed by atoms with Crippen LogP contribution in [0.5, 0.6) is 5.75 Å². The number of aliphatic imine (C=N–C) groups is 1. The second kappa shape index (κ2) is 13.9. The van der Waals surface area contributed by atoms with E-state index in [0.717, 1.165) is 63.9 Å². The number of para-hydroxylation sites is 1. The third-order valence-corrected chi connectivity index (χ3v) is 5.64. The maximum atomic E-state index is 5.65. The van der Waals surface area contributed by atoms with Crippen LogP contribution in [0.2, 0.25) is 0 Å². The summed E-state index contributed by atoms with van der Waals surface area (Å²) in [5.41, 5.74) is 2.70. The van der Waals surface area contributed by atoms with Gasteiger partial charge in [0.2, 0.25) is 0 Å². The molecule has 6 nitrogen and oxygen atoms in total. The summed E-state index contributed by atoms with van der Waals surface area (Å²) in [6, 6.07) is 8.59. The standard InChI is InChI=1S/C23H36N4O2.HI/c1-3-24-23(25-13-10-19-11-16-29-17-12-19)26-18-21(27-14-6-7-15-27)20-8-4-5-9-22(20)28-2;/h4-5,8-9,11,21H,3,6-7,10,12-18H2,1-2H3,(H2,24,25,26);1H. The number of halogens is 1. The van der Waals surface area contributed by atoms with Gasteiger partial charge in [0, 0.05) is 18.7 Å². The molecule has 2 N–H and O–H groups in total. The topological polar surface area (TPSA) is 58.1 Å². The van der Waals surface area contributed by atoms with Crippen molar-refractivity contribution in [2.24, 2.45) is 4.99 Å². The highest BCUT2D eigenvalue weighted by molar-refractivity contribution is 14.0. The van der Waals surface area contributed by atoms with Crippen molar-refractivity contribution in [3.8, 4) is 5.75 Å². The van der Waals surface area contributed by atoms with E-state index in [1.807, 2.05) is 12.1 Å². The molecule has 1 aromatic carbocycles. The predicted molar refractivity (Wildman–Crippen MR) is 134 cm³/mol. The Labute approximate surface area is 198 Å². The highest BCUT2D eigenvalue weighted by Crippen LogP contribution is 2.31. The van der Waals surface area contributed by atoms with Gasteiger partial charge in [-0.25, -0.2) is 0 Å². The summed E-state index contributed by atoms with van der Waals surface area (Å²) in [6.45, 7) is 8.40. The van der Waals surface area contributed by atoms with Gasteiger partial charge in [0.25, 0.3) is 0 Å². The van der Waals surface area contributed by atoms with Gasteiger partial charge >= 0.3 is 0 Å². The van der Waals surface area contributed by atoms with Gasteiger partial charge in [-0.2, -0.15) is 0 Å². The van der Waals surface area contributed by atoms with Crippen molar-refractivity contribution in [3.63, 3.8) is 0 Å². The molecular weight excluding hydrogens is 491 g/mol. The molecule has 0 radical (unpaired) electrons. The molecule has 0 spiro atoms. The fraction of sp³-hybridized carbons (Fsp3) is 0.609. The summed E-state index contributed by atoms with van der Waals surface area (Å²) in [4.78, 5) is 7.49. The summed E-state index contributed by atoms with van der Waals surface area (Å²) < 4.78 is 11.0. The first-order valence-corrected chi connectivity index (χ1v) is 11.0. The first-order valence-electron chi connectivity index (χ1n) is 11.0.